The van der Waals surface area contributed by atoms with Crippen molar-refractivity contribution in [3.05, 3.63) is 56.2 Å². The average molecular weight is 428 g/mol. The number of hydrogen-bond donors (Lipinski definition) is 2. The average Bonchev–Trinajstić information content (AvgIpc) is 3.37. The summed E-state index contributed by atoms with van der Waals surface area (Å²) in [5.41, 5.74) is 2.03. The highest BCUT2D eigenvalue weighted by atomic mass is 32.1. The van der Waals surface area contributed by atoms with Crippen LogP contribution in [-0.4, -0.2) is 36.4 Å². The van der Waals surface area contributed by atoms with Crippen molar-refractivity contribution in [1.82, 2.24) is 14.9 Å². The van der Waals surface area contributed by atoms with E-state index in [0.29, 0.717) is 40.1 Å². The smallest absolute Gasteiger partial charge is 0.329 e. The van der Waals surface area contributed by atoms with E-state index in [-0.39, 0.29) is 17.3 Å². The van der Waals surface area contributed by atoms with Crippen LogP contribution in [0.1, 0.15) is 29.9 Å². The number of benzene rings is 1. The first-order valence-corrected chi connectivity index (χ1v) is 11.1. The van der Waals surface area contributed by atoms with E-state index in [2.05, 4.69) is 22.4 Å². The molecule has 1 saturated heterocycles. The van der Waals surface area contributed by atoms with Gasteiger partial charge in [-0.15, -0.1) is 0 Å². The Bertz CT molecular complexity index is 1210. The summed E-state index contributed by atoms with van der Waals surface area (Å²) in [5.74, 6) is 1.91. The number of aromatic nitrogens is 2. The molecular weight excluding hydrogens is 402 g/mol. The largest absolute Gasteiger partial charge is 0.496 e. The Hall–Kier alpha value is -2.58. The number of rotatable bonds is 5. The normalized spacial score (nSPS) is 22.7. The van der Waals surface area contributed by atoms with E-state index in [4.69, 9.17) is 9.47 Å². The highest BCUT2D eigenvalue weighted by molar-refractivity contribution is 7.20. The van der Waals surface area contributed by atoms with Crippen molar-refractivity contribution in [2.45, 2.75) is 37.8 Å². The van der Waals surface area contributed by atoms with E-state index >= 15 is 0 Å². The molecule has 3 heterocycles. The molecule has 0 spiro atoms. The van der Waals surface area contributed by atoms with Gasteiger partial charge < -0.3 is 14.8 Å². The minimum atomic E-state index is -0.364. The fourth-order valence-corrected chi connectivity index (χ4v) is 6.05. The molecule has 1 fully saturated rings. The molecule has 2 N–H and O–H groups in total. The van der Waals surface area contributed by atoms with Crippen LogP contribution in [0.5, 0.6) is 10.8 Å². The Balaban J connectivity index is 1.43. The van der Waals surface area contributed by atoms with E-state index < -0.39 is 0 Å². The maximum absolute atomic E-state index is 12.9. The zero-order chi connectivity index (χ0) is 20.8. The molecule has 3 atom stereocenters. The molecule has 2 aromatic heterocycles. The zero-order valence-electron chi connectivity index (χ0n) is 17.1. The summed E-state index contributed by atoms with van der Waals surface area (Å²) in [7, 11) is 3.28. The van der Waals surface area contributed by atoms with Crippen molar-refractivity contribution in [3.63, 3.8) is 0 Å². The maximum atomic E-state index is 12.9. The van der Waals surface area contributed by atoms with Crippen molar-refractivity contribution in [2.75, 3.05) is 20.8 Å². The summed E-state index contributed by atoms with van der Waals surface area (Å²) in [4.78, 5) is 28.8. The molecular formula is C22H25N3O4S. The molecule has 30 heavy (non-hydrogen) atoms. The van der Waals surface area contributed by atoms with Crippen LogP contribution in [0.3, 0.4) is 0 Å². The standard InChI is InChI=1S/C22H25N3O4S/c1-28-17-5-3-4-14-13(17)7-6-12-11-23-16(19(12)14)8-9-25-21(26)15-10-18(29-2)30-20(15)24-22(25)27/h3-5,10,12,16,19,23H,6-9,11H2,1-2H3,(H,24,27). The molecule has 3 aromatic rings. The van der Waals surface area contributed by atoms with Crippen LogP contribution in [0.2, 0.25) is 0 Å². The SMILES string of the molecule is COc1cc2c(=O)n(CCC3NCC4CCc5c(OC)cccc5C43)c(=O)[nH]c2s1. The van der Waals surface area contributed by atoms with Gasteiger partial charge in [0, 0.05) is 24.6 Å². The lowest BCUT2D eigenvalue weighted by molar-refractivity contribution is 0.371. The molecule has 1 aliphatic carbocycles. The number of methoxy groups -OCH3 is 2. The first-order valence-electron chi connectivity index (χ1n) is 10.3. The number of ether oxygens (including phenoxy) is 2. The Morgan fingerprint density at radius 2 is 2.10 bits per heavy atom. The van der Waals surface area contributed by atoms with E-state index in [9.17, 15) is 9.59 Å². The fraction of sp³-hybridized carbons (Fsp3) is 0.455. The van der Waals surface area contributed by atoms with Gasteiger partial charge >= 0.3 is 5.69 Å². The van der Waals surface area contributed by atoms with Gasteiger partial charge in [0.05, 0.1) is 19.6 Å². The first-order chi connectivity index (χ1) is 14.6. The number of aromatic amines is 1. The highest BCUT2D eigenvalue weighted by Crippen LogP contribution is 2.45. The van der Waals surface area contributed by atoms with Crippen molar-refractivity contribution < 1.29 is 9.47 Å². The molecule has 7 nitrogen and oxygen atoms in total. The van der Waals surface area contributed by atoms with Crippen molar-refractivity contribution in [1.29, 1.82) is 0 Å². The van der Waals surface area contributed by atoms with Crippen LogP contribution in [0.4, 0.5) is 0 Å². The Morgan fingerprint density at radius 1 is 1.23 bits per heavy atom. The van der Waals surface area contributed by atoms with E-state index in [1.807, 2.05) is 6.07 Å². The van der Waals surface area contributed by atoms with Crippen LogP contribution in [0, 0.1) is 5.92 Å². The zero-order valence-corrected chi connectivity index (χ0v) is 17.9. The number of fused-ring (bicyclic) bond motifs is 4. The number of H-pyrrole nitrogens is 1. The number of nitrogens with zero attached hydrogens (tertiary/aromatic N) is 1. The predicted molar refractivity (Wildman–Crippen MR) is 117 cm³/mol. The third-order valence-corrected chi connectivity index (χ3v) is 7.62. The molecule has 0 amide bonds. The third-order valence-electron chi connectivity index (χ3n) is 6.61. The molecule has 0 bridgehead atoms. The summed E-state index contributed by atoms with van der Waals surface area (Å²) in [6, 6.07) is 8.21. The maximum Gasteiger partial charge on any atom is 0.329 e. The first kappa shape index (κ1) is 19.4. The van der Waals surface area contributed by atoms with E-state index in [1.54, 1.807) is 20.3 Å². The van der Waals surface area contributed by atoms with Crippen LogP contribution in [0.25, 0.3) is 10.2 Å². The monoisotopic (exact) mass is 427 g/mol. The van der Waals surface area contributed by atoms with Crippen molar-refractivity contribution in [2.24, 2.45) is 5.92 Å². The Kier molecular flexibility index (Phi) is 4.91. The summed E-state index contributed by atoms with van der Waals surface area (Å²) >= 11 is 1.27. The molecule has 8 heteroatoms. The number of nitrogens with one attached hydrogen (secondary N) is 2. The minimum Gasteiger partial charge on any atom is -0.496 e. The molecule has 0 radical (unpaired) electrons. The second-order valence-electron chi connectivity index (χ2n) is 8.06. The predicted octanol–water partition coefficient (Wildman–Crippen LogP) is 2.48. The molecule has 2 aliphatic rings. The van der Waals surface area contributed by atoms with Gasteiger partial charge in [0.1, 0.15) is 10.6 Å². The molecule has 3 unspecified atom stereocenters. The minimum absolute atomic E-state index is 0.222. The Morgan fingerprint density at radius 3 is 2.90 bits per heavy atom. The molecule has 5 rings (SSSR count). The van der Waals surface area contributed by atoms with Crippen LogP contribution in [-0.2, 0) is 13.0 Å². The molecule has 0 saturated carbocycles. The van der Waals surface area contributed by atoms with Gasteiger partial charge in [-0.25, -0.2) is 4.79 Å². The Labute approximate surface area is 177 Å². The van der Waals surface area contributed by atoms with Gasteiger partial charge in [0.15, 0.2) is 5.06 Å². The fourth-order valence-electron chi connectivity index (χ4n) is 5.20. The molecule has 1 aromatic carbocycles. The van der Waals surface area contributed by atoms with Gasteiger partial charge in [-0.05, 0) is 48.9 Å². The summed E-state index contributed by atoms with van der Waals surface area (Å²) in [6.07, 6.45) is 2.88. The lowest BCUT2D eigenvalue weighted by Gasteiger charge is -2.32. The molecule has 1 aliphatic heterocycles. The summed E-state index contributed by atoms with van der Waals surface area (Å²) < 4.78 is 12.1. The topological polar surface area (TPSA) is 85.3 Å². The van der Waals surface area contributed by atoms with Gasteiger partial charge in [0.25, 0.3) is 5.56 Å². The van der Waals surface area contributed by atoms with Gasteiger partial charge in [-0.3, -0.25) is 14.3 Å². The summed E-state index contributed by atoms with van der Waals surface area (Å²) in [6.45, 7) is 1.35. The lowest BCUT2D eigenvalue weighted by atomic mass is 9.73. The highest BCUT2D eigenvalue weighted by Gasteiger charge is 2.40. The van der Waals surface area contributed by atoms with Gasteiger partial charge in [-0.2, -0.15) is 0 Å². The van der Waals surface area contributed by atoms with Crippen LogP contribution in [0.15, 0.2) is 33.9 Å². The third kappa shape index (κ3) is 3.06. The second-order valence-corrected chi connectivity index (χ2v) is 9.07. The number of thiophene rings is 1. The van der Waals surface area contributed by atoms with Crippen molar-refractivity contribution in [3.8, 4) is 10.8 Å². The van der Waals surface area contributed by atoms with Crippen LogP contribution < -0.4 is 26.0 Å². The van der Waals surface area contributed by atoms with Gasteiger partial charge in [-0.1, -0.05) is 23.5 Å². The summed E-state index contributed by atoms with van der Waals surface area (Å²) in [5, 5.41) is 4.77. The van der Waals surface area contributed by atoms with Crippen LogP contribution >= 0.6 is 11.3 Å². The molecule has 158 valence electrons. The van der Waals surface area contributed by atoms with Crippen molar-refractivity contribution >= 4 is 21.6 Å². The number of hydrogen-bond acceptors (Lipinski definition) is 6. The quantitative estimate of drug-likeness (QED) is 0.653. The van der Waals surface area contributed by atoms with E-state index in [0.717, 1.165) is 25.1 Å². The lowest BCUT2D eigenvalue weighted by Crippen LogP contribution is -2.37. The van der Waals surface area contributed by atoms with Gasteiger partial charge in [0.2, 0.25) is 0 Å². The second kappa shape index (κ2) is 7.59. The van der Waals surface area contributed by atoms with E-state index in [1.165, 1.54) is 27.0 Å².